The molecule has 0 radical (unpaired) electrons. The average Bonchev–Trinajstić information content (AvgIpc) is 2.08. The largest absolute Gasteiger partial charge is 0.124 e. The molecule has 1 aliphatic carbocycles. The van der Waals surface area contributed by atoms with Crippen LogP contribution in [0.4, 0.5) is 0 Å². The number of hydrogen-bond donors (Lipinski definition) is 0. The lowest BCUT2D eigenvalue weighted by Gasteiger charge is -2.33. The first-order chi connectivity index (χ1) is 5.64. The van der Waals surface area contributed by atoms with Crippen molar-refractivity contribution >= 4 is 0 Å². The van der Waals surface area contributed by atoms with Crippen LogP contribution < -0.4 is 0 Å². The van der Waals surface area contributed by atoms with Crippen LogP contribution in [-0.2, 0) is 0 Å². The summed E-state index contributed by atoms with van der Waals surface area (Å²) in [4.78, 5) is 0. The highest BCUT2D eigenvalue weighted by atomic mass is 14.3. The van der Waals surface area contributed by atoms with E-state index in [0.717, 1.165) is 5.92 Å². The smallest absolute Gasteiger partial charge is 0.0354 e. The number of terminal acetylenes is 1. The Kier molecular flexibility index (Phi) is 5.06. The molecule has 1 aliphatic rings. The summed E-state index contributed by atoms with van der Waals surface area (Å²) < 4.78 is 0. The normalized spacial score (nSPS) is 22.4. The maximum atomic E-state index is 4.00. The van der Waals surface area contributed by atoms with Crippen LogP contribution in [0, 0.1) is 24.2 Å². The predicted molar refractivity (Wildman–Crippen MR) is 55.9 cm³/mol. The fraction of sp³-hybridized carbons (Fsp3) is 0.833. The highest BCUT2D eigenvalue weighted by Gasteiger charge is 2.25. The number of hydrogen-bond acceptors (Lipinski definition) is 0. The van der Waals surface area contributed by atoms with Crippen LogP contribution in [0.15, 0.2) is 0 Å². The molecule has 0 atom stereocenters. The molecule has 0 spiro atoms. The van der Waals surface area contributed by atoms with E-state index in [1.54, 1.807) is 0 Å². The molecule has 1 fully saturated rings. The van der Waals surface area contributed by atoms with Crippen molar-refractivity contribution < 1.29 is 0 Å². The summed E-state index contributed by atoms with van der Waals surface area (Å²) in [7, 11) is 0. The van der Waals surface area contributed by atoms with Crippen LogP contribution in [-0.4, -0.2) is 0 Å². The van der Waals surface area contributed by atoms with Gasteiger partial charge in [0.25, 0.3) is 0 Å². The quantitative estimate of drug-likeness (QED) is 0.519. The fourth-order valence-corrected chi connectivity index (χ4v) is 1.87. The van der Waals surface area contributed by atoms with Gasteiger partial charge in [0.15, 0.2) is 0 Å². The van der Waals surface area contributed by atoms with Crippen LogP contribution in [0.2, 0.25) is 0 Å². The molecule has 0 aromatic rings. The summed E-state index contributed by atoms with van der Waals surface area (Å²) in [5, 5.41) is 0. The molecule has 0 nitrogen and oxygen atoms in total. The van der Waals surface area contributed by atoms with Crippen LogP contribution >= 0.6 is 0 Å². The minimum atomic E-state index is 0.658. The van der Waals surface area contributed by atoms with Gasteiger partial charge in [0.05, 0.1) is 0 Å². The van der Waals surface area contributed by atoms with Crippen molar-refractivity contribution in [1.82, 2.24) is 0 Å². The van der Waals surface area contributed by atoms with Gasteiger partial charge in [-0.1, -0.05) is 27.2 Å². The molecule has 0 N–H and O–H groups in total. The Morgan fingerprint density at radius 1 is 1.17 bits per heavy atom. The Morgan fingerprint density at radius 3 is 1.92 bits per heavy atom. The molecule has 0 saturated heterocycles. The van der Waals surface area contributed by atoms with Crippen molar-refractivity contribution in [3.8, 4) is 12.8 Å². The second kappa shape index (κ2) is 5.25. The Morgan fingerprint density at radius 2 is 1.58 bits per heavy atom. The summed E-state index contributed by atoms with van der Waals surface area (Å²) in [6.07, 6.45) is 15.3. The molecule has 0 amide bonds. The Labute approximate surface area is 77.8 Å². The van der Waals surface area contributed by atoms with Crippen LogP contribution in [0.1, 0.15) is 52.9 Å². The van der Waals surface area contributed by atoms with Crippen molar-refractivity contribution in [2.45, 2.75) is 52.9 Å². The minimum absolute atomic E-state index is 0.658. The molecule has 12 heavy (non-hydrogen) atoms. The lowest BCUT2D eigenvalue weighted by Crippen LogP contribution is -2.20. The van der Waals surface area contributed by atoms with Gasteiger partial charge in [-0.3, -0.25) is 0 Å². The zero-order valence-corrected chi connectivity index (χ0v) is 8.77. The maximum absolute atomic E-state index is 4.00. The zero-order valence-electron chi connectivity index (χ0n) is 8.77. The molecule has 0 aliphatic heterocycles. The van der Waals surface area contributed by atoms with E-state index in [4.69, 9.17) is 0 Å². The van der Waals surface area contributed by atoms with E-state index in [2.05, 4.69) is 33.6 Å². The van der Waals surface area contributed by atoms with Crippen molar-refractivity contribution in [2.75, 3.05) is 0 Å². The molecule has 0 aromatic heterocycles. The van der Waals surface area contributed by atoms with Gasteiger partial charge in [0, 0.05) is 0 Å². The van der Waals surface area contributed by atoms with Gasteiger partial charge in [0.2, 0.25) is 0 Å². The molecule has 70 valence electrons. The van der Waals surface area contributed by atoms with E-state index >= 15 is 0 Å². The monoisotopic (exact) mass is 166 g/mol. The third kappa shape index (κ3) is 3.81. The second-order valence-electron chi connectivity index (χ2n) is 4.52. The van der Waals surface area contributed by atoms with E-state index < -0.39 is 0 Å². The van der Waals surface area contributed by atoms with Gasteiger partial charge in [-0.15, -0.1) is 12.8 Å². The van der Waals surface area contributed by atoms with Gasteiger partial charge in [-0.2, -0.15) is 0 Å². The first-order valence-electron chi connectivity index (χ1n) is 4.97. The highest BCUT2D eigenvalue weighted by Crippen LogP contribution is 2.38. The summed E-state index contributed by atoms with van der Waals surface area (Å²) >= 11 is 0. The third-order valence-electron chi connectivity index (χ3n) is 3.04. The van der Waals surface area contributed by atoms with Gasteiger partial charge < -0.3 is 0 Å². The predicted octanol–water partition coefficient (Wildman–Crippen LogP) is 3.86. The highest BCUT2D eigenvalue weighted by molar-refractivity contribution is 4.77. The van der Waals surface area contributed by atoms with Gasteiger partial charge in [-0.05, 0) is 37.0 Å². The molecule has 0 aromatic carbocycles. The first kappa shape index (κ1) is 11.6. The van der Waals surface area contributed by atoms with Gasteiger partial charge in [0.1, 0.15) is 0 Å². The van der Waals surface area contributed by atoms with Crippen LogP contribution in [0.25, 0.3) is 0 Å². The fourth-order valence-electron chi connectivity index (χ4n) is 1.87. The van der Waals surface area contributed by atoms with Crippen molar-refractivity contribution in [2.24, 2.45) is 11.3 Å². The Balaban J connectivity index is 0.000000561. The summed E-state index contributed by atoms with van der Waals surface area (Å²) in [6, 6.07) is 0. The molecule has 1 rings (SSSR count). The van der Waals surface area contributed by atoms with Crippen LogP contribution in [0.3, 0.4) is 0 Å². The van der Waals surface area contributed by atoms with Gasteiger partial charge in [-0.25, -0.2) is 0 Å². The minimum Gasteiger partial charge on any atom is -0.124 e. The Bertz CT molecular complexity index is 120. The summed E-state index contributed by atoms with van der Waals surface area (Å²) in [5.41, 5.74) is 0.658. The average molecular weight is 166 g/mol. The van der Waals surface area contributed by atoms with E-state index in [1.807, 2.05) is 0 Å². The van der Waals surface area contributed by atoms with Crippen molar-refractivity contribution in [3.05, 3.63) is 0 Å². The molecular formula is C12H22. The molecule has 0 unspecified atom stereocenters. The van der Waals surface area contributed by atoms with E-state index in [1.165, 1.54) is 32.1 Å². The SMILES string of the molecule is C#C.CCC1CCC(C)(C)CC1. The molecular weight excluding hydrogens is 144 g/mol. The molecule has 0 heteroatoms. The lowest BCUT2D eigenvalue weighted by atomic mass is 9.72. The number of rotatable bonds is 1. The maximum Gasteiger partial charge on any atom is -0.0354 e. The van der Waals surface area contributed by atoms with Crippen molar-refractivity contribution in [1.29, 1.82) is 0 Å². The second-order valence-corrected chi connectivity index (χ2v) is 4.52. The topological polar surface area (TPSA) is 0 Å². The zero-order chi connectivity index (χ0) is 9.61. The van der Waals surface area contributed by atoms with E-state index in [-0.39, 0.29) is 0 Å². The molecule has 0 bridgehead atoms. The van der Waals surface area contributed by atoms with Gasteiger partial charge >= 0.3 is 0 Å². The summed E-state index contributed by atoms with van der Waals surface area (Å²) in [5.74, 6) is 1.05. The first-order valence-corrected chi connectivity index (χ1v) is 4.97. The third-order valence-corrected chi connectivity index (χ3v) is 3.04. The molecule has 0 heterocycles. The lowest BCUT2D eigenvalue weighted by molar-refractivity contribution is 0.188. The van der Waals surface area contributed by atoms with E-state index in [9.17, 15) is 0 Å². The molecule has 1 saturated carbocycles. The summed E-state index contributed by atoms with van der Waals surface area (Å²) in [6.45, 7) is 7.13. The van der Waals surface area contributed by atoms with E-state index in [0.29, 0.717) is 5.41 Å². The Hall–Kier alpha value is -0.440. The van der Waals surface area contributed by atoms with Crippen LogP contribution in [0.5, 0.6) is 0 Å². The standard InChI is InChI=1S/C10H20.C2H2/c1-4-9-5-7-10(2,3)8-6-9;1-2/h9H,4-8H2,1-3H3;1-2H. The van der Waals surface area contributed by atoms with Crippen molar-refractivity contribution in [3.63, 3.8) is 0 Å².